The zero-order valence-electron chi connectivity index (χ0n) is 18.5. The predicted molar refractivity (Wildman–Crippen MR) is 126 cm³/mol. The fourth-order valence-electron chi connectivity index (χ4n) is 3.79. The highest BCUT2D eigenvalue weighted by Gasteiger charge is 2.30. The van der Waals surface area contributed by atoms with Crippen LogP contribution in [0.1, 0.15) is 24.8 Å². The molecule has 7 nitrogen and oxygen atoms in total. The van der Waals surface area contributed by atoms with E-state index in [1.54, 1.807) is 17.0 Å². The van der Waals surface area contributed by atoms with Gasteiger partial charge in [0.1, 0.15) is 10.6 Å². The Morgan fingerprint density at radius 1 is 1.19 bits per heavy atom. The highest BCUT2D eigenvalue weighted by atomic mass is 35.5. The van der Waals surface area contributed by atoms with E-state index in [4.69, 9.17) is 16.3 Å². The van der Waals surface area contributed by atoms with Gasteiger partial charge in [-0.05, 0) is 29.7 Å². The Kier molecular flexibility index (Phi) is 8.53. The van der Waals surface area contributed by atoms with Crippen LogP contribution in [0.2, 0.25) is 5.02 Å². The van der Waals surface area contributed by atoms with E-state index in [1.807, 2.05) is 37.3 Å². The first-order valence-corrected chi connectivity index (χ1v) is 12.5. The third-order valence-corrected chi connectivity index (χ3v) is 7.76. The first kappa shape index (κ1) is 24.5. The molecule has 0 aromatic heterocycles. The summed E-state index contributed by atoms with van der Waals surface area (Å²) >= 11 is 6.11. The summed E-state index contributed by atoms with van der Waals surface area (Å²) in [5, 5.41) is 3.52. The number of ether oxygens (including phenoxy) is 1. The number of nitrogens with one attached hydrogen (secondary N) is 1. The van der Waals surface area contributed by atoms with Crippen molar-refractivity contribution in [1.29, 1.82) is 0 Å². The Morgan fingerprint density at radius 3 is 2.53 bits per heavy atom. The van der Waals surface area contributed by atoms with Crippen molar-refractivity contribution in [3.05, 3.63) is 59.1 Å². The third-order valence-electron chi connectivity index (χ3n) is 5.63. The number of hydrogen-bond acceptors (Lipinski definition) is 5. The molecule has 1 heterocycles. The molecule has 9 heteroatoms. The SMILES string of the molecule is COc1ccc(Cl)cc1S(=O)(=O)N(CCC(=O)N1CCNCC1)C[C@H](C)c1ccccc1. The molecule has 1 aliphatic rings. The van der Waals surface area contributed by atoms with Crippen LogP contribution in [0.15, 0.2) is 53.4 Å². The summed E-state index contributed by atoms with van der Waals surface area (Å²) in [5.41, 5.74) is 1.03. The Labute approximate surface area is 195 Å². The first-order valence-electron chi connectivity index (χ1n) is 10.7. The van der Waals surface area contributed by atoms with Crippen LogP contribution in [-0.4, -0.2) is 69.9 Å². The number of nitrogens with zero attached hydrogens (tertiary/aromatic N) is 2. The van der Waals surface area contributed by atoms with Crippen LogP contribution in [0.5, 0.6) is 5.75 Å². The van der Waals surface area contributed by atoms with Crippen molar-refractivity contribution in [3.63, 3.8) is 0 Å². The number of carbonyl (C=O) groups is 1. The number of sulfonamides is 1. The quantitative estimate of drug-likeness (QED) is 0.598. The summed E-state index contributed by atoms with van der Waals surface area (Å²) < 4.78 is 34.0. The molecular formula is C23H30ClN3O4S. The van der Waals surface area contributed by atoms with Crippen molar-refractivity contribution < 1.29 is 17.9 Å². The smallest absolute Gasteiger partial charge is 0.246 e. The fourth-order valence-corrected chi connectivity index (χ4v) is 5.73. The number of benzene rings is 2. The normalized spacial score (nSPS) is 15.6. The molecular weight excluding hydrogens is 450 g/mol. The molecule has 32 heavy (non-hydrogen) atoms. The molecule has 1 atom stereocenters. The summed E-state index contributed by atoms with van der Waals surface area (Å²) in [6, 6.07) is 14.3. The molecule has 1 saturated heterocycles. The van der Waals surface area contributed by atoms with Gasteiger partial charge < -0.3 is 15.0 Å². The lowest BCUT2D eigenvalue weighted by molar-refractivity contribution is -0.131. The van der Waals surface area contributed by atoms with Gasteiger partial charge in [-0.3, -0.25) is 4.79 Å². The molecule has 2 aromatic carbocycles. The van der Waals surface area contributed by atoms with Gasteiger partial charge in [-0.1, -0.05) is 48.9 Å². The van der Waals surface area contributed by atoms with Crippen molar-refractivity contribution >= 4 is 27.5 Å². The van der Waals surface area contributed by atoms with E-state index in [1.165, 1.54) is 17.5 Å². The molecule has 0 spiro atoms. The molecule has 0 unspecified atom stereocenters. The minimum atomic E-state index is -3.95. The Balaban J connectivity index is 1.86. The highest BCUT2D eigenvalue weighted by molar-refractivity contribution is 7.89. The van der Waals surface area contributed by atoms with Gasteiger partial charge in [0, 0.05) is 50.7 Å². The lowest BCUT2D eigenvalue weighted by Crippen LogP contribution is -2.47. The molecule has 0 bridgehead atoms. The Morgan fingerprint density at radius 2 is 1.88 bits per heavy atom. The monoisotopic (exact) mass is 479 g/mol. The van der Waals surface area contributed by atoms with E-state index in [-0.39, 0.29) is 42.0 Å². The van der Waals surface area contributed by atoms with Crippen LogP contribution in [-0.2, 0) is 14.8 Å². The maximum Gasteiger partial charge on any atom is 0.246 e. The molecule has 3 rings (SSSR count). The summed E-state index contributed by atoms with van der Waals surface area (Å²) in [4.78, 5) is 14.5. The second-order valence-corrected chi connectivity index (χ2v) is 10.2. The molecule has 0 saturated carbocycles. The van der Waals surface area contributed by atoms with E-state index in [2.05, 4.69) is 5.32 Å². The number of rotatable bonds is 9. The van der Waals surface area contributed by atoms with E-state index < -0.39 is 10.0 Å². The van der Waals surface area contributed by atoms with Crippen LogP contribution < -0.4 is 10.1 Å². The number of piperazine rings is 1. The molecule has 0 radical (unpaired) electrons. The molecule has 1 amide bonds. The summed E-state index contributed by atoms with van der Waals surface area (Å²) in [6.45, 7) is 5.05. The van der Waals surface area contributed by atoms with E-state index in [9.17, 15) is 13.2 Å². The standard InChI is InChI=1S/C23H30ClN3O4S/c1-18(19-6-4-3-5-7-19)17-27(13-10-23(28)26-14-11-25-12-15-26)32(29,30)22-16-20(24)8-9-21(22)31-2/h3-9,16,18,25H,10-15,17H2,1-2H3/t18-/m0/s1. The van der Waals surface area contributed by atoms with E-state index >= 15 is 0 Å². The van der Waals surface area contributed by atoms with Gasteiger partial charge in [-0.15, -0.1) is 0 Å². The molecule has 1 fully saturated rings. The van der Waals surface area contributed by atoms with Gasteiger partial charge in [0.2, 0.25) is 15.9 Å². The molecule has 0 aliphatic carbocycles. The van der Waals surface area contributed by atoms with Crippen molar-refractivity contribution in [2.24, 2.45) is 0 Å². The number of carbonyl (C=O) groups excluding carboxylic acids is 1. The van der Waals surface area contributed by atoms with Gasteiger partial charge in [-0.2, -0.15) is 4.31 Å². The molecule has 2 aromatic rings. The number of halogens is 1. The van der Waals surface area contributed by atoms with E-state index in [0.29, 0.717) is 18.1 Å². The summed E-state index contributed by atoms with van der Waals surface area (Å²) in [5.74, 6) is 0.114. The Bertz CT molecular complexity index is 1010. The minimum absolute atomic E-state index is 0.00221. The lowest BCUT2D eigenvalue weighted by atomic mass is 10.0. The van der Waals surface area contributed by atoms with Gasteiger partial charge >= 0.3 is 0 Å². The van der Waals surface area contributed by atoms with Crippen LogP contribution >= 0.6 is 11.6 Å². The van der Waals surface area contributed by atoms with E-state index in [0.717, 1.165) is 18.7 Å². The van der Waals surface area contributed by atoms with Gasteiger partial charge in [0.05, 0.1) is 7.11 Å². The zero-order chi connectivity index (χ0) is 23.1. The van der Waals surface area contributed by atoms with Crippen LogP contribution in [0.25, 0.3) is 0 Å². The fraction of sp³-hybridized carbons (Fsp3) is 0.435. The van der Waals surface area contributed by atoms with Crippen molar-refractivity contribution in [1.82, 2.24) is 14.5 Å². The average Bonchev–Trinajstić information content (AvgIpc) is 2.82. The molecule has 1 aliphatic heterocycles. The van der Waals surface area contributed by atoms with Crippen LogP contribution in [0, 0.1) is 0 Å². The third kappa shape index (κ3) is 6.01. The van der Waals surface area contributed by atoms with Crippen molar-refractivity contribution in [3.8, 4) is 5.75 Å². The van der Waals surface area contributed by atoms with Gasteiger partial charge in [0.25, 0.3) is 0 Å². The lowest BCUT2D eigenvalue weighted by Gasteiger charge is -2.30. The van der Waals surface area contributed by atoms with Gasteiger partial charge in [-0.25, -0.2) is 8.42 Å². The number of hydrogen-bond donors (Lipinski definition) is 1. The highest BCUT2D eigenvalue weighted by Crippen LogP contribution is 2.31. The van der Waals surface area contributed by atoms with Crippen LogP contribution in [0.4, 0.5) is 0 Å². The maximum absolute atomic E-state index is 13.7. The predicted octanol–water partition coefficient (Wildman–Crippen LogP) is 2.96. The van der Waals surface area contributed by atoms with Crippen molar-refractivity contribution in [2.45, 2.75) is 24.2 Å². The van der Waals surface area contributed by atoms with Gasteiger partial charge in [0.15, 0.2) is 0 Å². The molecule has 174 valence electrons. The topological polar surface area (TPSA) is 79.0 Å². The van der Waals surface area contributed by atoms with Crippen LogP contribution in [0.3, 0.4) is 0 Å². The maximum atomic E-state index is 13.7. The summed E-state index contributed by atoms with van der Waals surface area (Å²) in [7, 11) is -2.53. The number of methoxy groups -OCH3 is 1. The average molecular weight is 480 g/mol. The largest absolute Gasteiger partial charge is 0.495 e. The Hall–Kier alpha value is -2.13. The first-order chi connectivity index (χ1) is 15.3. The summed E-state index contributed by atoms with van der Waals surface area (Å²) in [6.07, 6.45) is 0.115. The van der Waals surface area contributed by atoms with Crippen molar-refractivity contribution in [2.75, 3.05) is 46.4 Å². The second kappa shape index (κ2) is 11.1. The second-order valence-electron chi connectivity index (χ2n) is 7.85. The zero-order valence-corrected chi connectivity index (χ0v) is 20.0. The number of amides is 1. The molecule has 1 N–H and O–H groups in total. The minimum Gasteiger partial charge on any atom is -0.495 e.